The summed E-state index contributed by atoms with van der Waals surface area (Å²) in [7, 11) is -2.33. The van der Waals surface area contributed by atoms with Crippen LogP contribution in [0.25, 0.3) is 0 Å². The van der Waals surface area contributed by atoms with E-state index >= 15 is 0 Å². The highest BCUT2D eigenvalue weighted by Gasteiger charge is 2.34. The van der Waals surface area contributed by atoms with E-state index < -0.39 is 27.8 Å². The number of hydrogen-bond acceptors (Lipinski definition) is 7. The molecular formula is C29H34N2O8S. The third-order valence-electron chi connectivity index (χ3n) is 6.91. The quantitative estimate of drug-likeness (QED) is 0.331. The SMILES string of the molecule is CC[C@@H]1CN(Cc2cc(C(CC(=O)O)c3ccc(C(=O)NCCOC)o3)ccc2C)S(=O)(=O)c2ccccc2O1. The van der Waals surface area contributed by atoms with Gasteiger partial charge in [-0.1, -0.05) is 37.3 Å². The van der Waals surface area contributed by atoms with Crippen LogP contribution in [0.3, 0.4) is 0 Å². The molecule has 40 heavy (non-hydrogen) atoms. The van der Waals surface area contributed by atoms with E-state index in [0.717, 1.165) is 11.1 Å². The van der Waals surface area contributed by atoms with Gasteiger partial charge >= 0.3 is 5.97 Å². The normalized spacial score (nSPS) is 17.3. The number of carboxylic acids is 1. The molecular weight excluding hydrogens is 536 g/mol. The molecule has 0 radical (unpaired) electrons. The zero-order valence-corrected chi connectivity index (χ0v) is 23.6. The van der Waals surface area contributed by atoms with Gasteiger partial charge in [0.25, 0.3) is 5.91 Å². The van der Waals surface area contributed by atoms with Crippen LogP contribution in [0.4, 0.5) is 0 Å². The van der Waals surface area contributed by atoms with Crippen molar-refractivity contribution >= 4 is 21.9 Å². The first kappa shape index (κ1) is 29.3. The molecule has 3 aromatic rings. The second-order valence-electron chi connectivity index (χ2n) is 9.68. The highest BCUT2D eigenvalue weighted by atomic mass is 32.2. The number of sulfonamides is 1. The Balaban J connectivity index is 1.66. The van der Waals surface area contributed by atoms with Crippen LogP contribution in [0.15, 0.2) is 63.9 Å². The third-order valence-corrected chi connectivity index (χ3v) is 8.76. The molecule has 0 spiro atoms. The molecule has 2 N–H and O–H groups in total. The molecule has 1 unspecified atom stereocenters. The summed E-state index contributed by atoms with van der Waals surface area (Å²) in [5.41, 5.74) is 2.23. The largest absolute Gasteiger partial charge is 0.488 e. The van der Waals surface area contributed by atoms with Crippen molar-refractivity contribution in [3.8, 4) is 5.75 Å². The number of carbonyl (C=O) groups excluding carboxylic acids is 1. The van der Waals surface area contributed by atoms with Crippen molar-refractivity contribution < 1.29 is 37.0 Å². The fourth-order valence-electron chi connectivity index (χ4n) is 4.65. The molecule has 0 saturated heterocycles. The molecule has 11 heteroatoms. The van der Waals surface area contributed by atoms with E-state index in [1.165, 1.54) is 17.5 Å². The molecule has 1 aromatic heterocycles. The van der Waals surface area contributed by atoms with E-state index in [-0.39, 0.29) is 36.3 Å². The zero-order valence-electron chi connectivity index (χ0n) is 22.8. The lowest BCUT2D eigenvalue weighted by atomic mass is 9.90. The van der Waals surface area contributed by atoms with Crippen LogP contribution < -0.4 is 10.1 Å². The fourth-order valence-corrected chi connectivity index (χ4v) is 6.22. The summed E-state index contributed by atoms with van der Waals surface area (Å²) in [6, 6.07) is 15.2. The molecule has 10 nitrogen and oxygen atoms in total. The summed E-state index contributed by atoms with van der Waals surface area (Å²) >= 11 is 0. The molecule has 1 amide bonds. The predicted molar refractivity (Wildman–Crippen MR) is 147 cm³/mol. The third kappa shape index (κ3) is 6.55. The van der Waals surface area contributed by atoms with Crippen LogP contribution in [-0.2, 0) is 26.1 Å². The number of carbonyl (C=O) groups is 2. The van der Waals surface area contributed by atoms with Gasteiger partial charge in [-0.2, -0.15) is 4.31 Å². The molecule has 2 heterocycles. The first-order valence-corrected chi connectivity index (χ1v) is 14.5. The topological polar surface area (TPSA) is 135 Å². The van der Waals surface area contributed by atoms with E-state index in [4.69, 9.17) is 13.9 Å². The second-order valence-corrected chi connectivity index (χ2v) is 11.6. The van der Waals surface area contributed by atoms with Gasteiger partial charge in [-0.25, -0.2) is 8.42 Å². The Labute approximate surface area is 233 Å². The number of carboxylic acid groups (broad SMARTS) is 1. The number of para-hydroxylation sites is 1. The van der Waals surface area contributed by atoms with E-state index in [1.54, 1.807) is 36.4 Å². The van der Waals surface area contributed by atoms with Crippen LogP contribution in [-0.4, -0.2) is 62.6 Å². The minimum Gasteiger partial charge on any atom is -0.488 e. The Kier molecular flexibility index (Phi) is 9.28. The number of nitrogens with one attached hydrogen (secondary N) is 1. The molecule has 0 fully saturated rings. The van der Waals surface area contributed by atoms with Crippen molar-refractivity contribution in [2.24, 2.45) is 0 Å². The number of methoxy groups -OCH3 is 1. The Morgan fingerprint density at radius 1 is 1.18 bits per heavy atom. The van der Waals surface area contributed by atoms with Crippen molar-refractivity contribution in [2.45, 2.75) is 50.2 Å². The maximum atomic E-state index is 13.7. The summed E-state index contributed by atoms with van der Waals surface area (Å²) in [5.74, 6) is -1.43. The van der Waals surface area contributed by atoms with Gasteiger partial charge < -0.3 is 24.3 Å². The highest BCUT2D eigenvalue weighted by Crippen LogP contribution is 2.35. The van der Waals surface area contributed by atoms with E-state index in [9.17, 15) is 23.1 Å². The second kappa shape index (κ2) is 12.7. The van der Waals surface area contributed by atoms with Gasteiger partial charge in [0.05, 0.1) is 25.5 Å². The maximum absolute atomic E-state index is 13.7. The van der Waals surface area contributed by atoms with Crippen molar-refractivity contribution in [3.05, 3.63) is 82.8 Å². The Morgan fingerprint density at radius 3 is 2.67 bits per heavy atom. The fraction of sp³-hybridized carbons (Fsp3) is 0.379. The Morgan fingerprint density at radius 2 is 1.95 bits per heavy atom. The standard InChI is InChI=1S/C29H34N2O8S/c1-4-22-18-31(40(35,36)27-8-6-5-7-25(27)38-22)17-21-15-20(10-9-19(21)2)23(16-28(32)33)24-11-12-26(39-24)29(34)30-13-14-37-3/h5-12,15,22-23H,4,13-14,16-18H2,1-3H3,(H,30,34)(H,32,33)/t22-,23?/m1/s1. The van der Waals surface area contributed by atoms with Gasteiger partial charge in [-0.05, 0) is 54.3 Å². The number of nitrogens with zero attached hydrogens (tertiary/aromatic N) is 1. The number of aliphatic carboxylic acids is 1. The van der Waals surface area contributed by atoms with Crippen molar-refractivity contribution in [2.75, 3.05) is 26.8 Å². The van der Waals surface area contributed by atoms with Crippen molar-refractivity contribution in [1.82, 2.24) is 9.62 Å². The lowest BCUT2D eigenvalue weighted by Gasteiger charge is -2.24. The first-order chi connectivity index (χ1) is 19.1. The number of rotatable bonds is 11. The predicted octanol–water partition coefficient (Wildman–Crippen LogP) is 3.93. The summed E-state index contributed by atoms with van der Waals surface area (Å²) in [6.07, 6.45) is 0.0280. The molecule has 214 valence electrons. The minimum atomic E-state index is -3.86. The highest BCUT2D eigenvalue weighted by molar-refractivity contribution is 7.89. The summed E-state index contributed by atoms with van der Waals surface area (Å²) < 4.78 is 45.5. The maximum Gasteiger partial charge on any atom is 0.304 e. The van der Waals surface area contributed by atoms with Crippen LogP contribution in [0.5, 0.6) is 5.75 Å². The number of fused-ring (bicyclic) bond motifs is 1. The van der Waals surface area contributed by atoms with Gasteiger partial charge in [0.1, 0.15) is 22.5 Å². The van der Waals surface area contributed by atoms with Gasteiger partial charge in [-0.15, -0.1) is 0 Å². The van der Waals surface area contributed by atoms with Crippen LogP contribution in [0, 0.1) is 6.92 Å². The lowest BCUT2D eigenvalue weighted by molar-refractivity contribution is -0.137. The average Bonchev–Trinajstić information content (AvgIpc) is 3.38. The van der Waals surface area contributed by atoms with Crippen LogP contribution in [0.2, 0.25) is 0 Å². The van der Waals surface area contributed by atoms with Gasteiger partial charge in [-0.3, -0.25) is 9.59 Å². The van der Waals surface area contributed by atoms with E-state index in [2.05, 4.69) is 5.32 Å². The molecule has 1 aliphatic heterocycles. The molecule has 4 rings (SSSR count). The lowest BCUT2D eigenvalue weighted by Crippen LogP contribution is -2.36. The summed E-state index contributed by atoms with van der Waals surface area (Å²) in [4.78, 5) is 24.3. The smallest absolute Gasteiger partial charge is 0.304 e. The Hall–Kier alpha value is -3.67. The molecule has 0 saturated carbocycles. The molecule has 2 aromatic carbocycles. The van der Waals surface area contributed by atoms with E-state index in [0.29, 0.717) is 36.6 Å². The monoisotopic (exact) mass is 570 g/mol. The number of furan rings is 1. The molecule has 0 aliphatic carbocycles. The number of ether oxygens (including phenoxy) is 2. The van der Waals surface area contributed by atoms with Gasteiger partial charge in [0.15, 0.2) is 5.76 Å². The van der Waals surface area contributed by atoms with Crippen molar-refractivity contribution in [1.29, 1.82) is 0 Å². The minimum absolute atomic E-state index is 0.0637. The average molecular weight is 571 g/mol. The van der Waals surface area contributed by atoms with E-state index in [1.807, 2.05) is 26.0 Å². The zero-order chi connectivity index (χ0) is 28.9. The van der Waals surface area contributed by atoms with Crippen LogP contribution in [0.1, 0.15) is 58.7 Å². The van der Waals surface area contributed by atoms with Gasteiger partial charge in [0, 0.05) is 20.2 Å². The number of benzene rings is 2. The van der Waals surface area contributed by atoms with Crippen LogP contribution >= 0.6 is 0 Å². The van der Waals surface area contributed by atoms with Gasteiger partial charge in [0.2, 0.25) is 10.0 Å². The number of aryl methyl sites for hydroxylation is 1. The molecule has 2 atom stereocenters. The molecule has 1 aliphatic rings. The van der Waals surface area contributed by atoms with Crippen molar-refractivity contribution in [3.63, 3.8) is 0 Å². The first-order valence-electron chi connectivity index (χ1n) is 13.1. The number of amides is 1. The molecule has 0 bridgehead atoms. The number of hydrogen-bond donors (Lipinski definition) is 2. The summed E-state index contributed by atoms with van der Waals surface area (Å²) in [6.45, 7) is 4.74. The summed E-state index contributed by atoms with van der Waals surface area (Å²) in [5, 5.41) is 12.3. The Bertz CT molecular complexity index is 1470.